The van der Waals surface area contributed by atoms with E-state index >= 15 is 0 Å². The second-order valence-corrected chi connectivity index (χ2v) is 0.861. The number of aliphatic carboxylic acids is 1. The SMILES string of the molecule is CC(=O)C(=O)O.[NaH]. The van der Waals surface area contributed by atoms with Crippen molar-refractivity contribution in [3.63, 3.8) is 0 Å². The molecular formula is C3H5NaO3. The maximum atomic E-state index is 9.54. The Morgan fingerprint density at radius 2 is 1.57 bits per heavy atom. The van der Waals surface area contributed by atoms with Crippen molar-refractivity contribution in [2.45, 2.75) is 6.92 Å². The number of Topliss-reactive ketones (excluding diaryl/α,β-unsaturated/α-hetero) is 1. The van der Waals surface area contributed by atoms with Crippen LogP contribution in [0.5, 0.6) is 0 Å². The average Bonchev–Trinajstić information content (AvgIpc) is 1.36. The second-order valence-electron chi connectivity index (χ2n) is 0.861. The zero-order valence-electron chi connectivity index (χ0n) is 3.26. The van der Waals surface area contributed by atoms with E-state index in [9.17, 15) is 9.59 Å². The first-order valence-electron chi connectivity index (χ1n) is 1.38. The Hall–Kier alpha value is 0.140. The molecule has 0 fully saturated rings. The van der Waals surface area contributed by atoms with Crippen molar-refractivity contribution in [3.8, 4) is 0 Å². The summed E-state index contributed by atoms with van der Waals surface area (Å²) >= 11 is 0. The summed E-state index contributed by atoms with van der Waals surface area (Å²) in [5.74, 6) is -2.20. The van der Waals surface area contributed by atoms with Gasteiger partial charge in [-0.25, -0.2) is 4.79 Å². The molecule has 1 N–H and O–H groups in total. The van der Waals surface area contributed by atoms with Crippen molar-refractivity contribution in [1.82, 2.24) is 0 Å². The Morgan fingerprint density at radius 1 is 1.43 bits per heavy atom. The van der Waals surface area contributed by atoms with Crippen molar-refractivity contribution < 1.29 is 14.7 Å². The van der Waals surface area contributed by atoms with Gasteiger partial charge in [-0.2, -0.15) is 0 Å². The molecule has 36 valence electrons. The molecular weight excluding hydrogens is 107 g/mol. The molecule has 0 radical (unpaired) electrons. The van der Waals surface area contributed by atoms with E-state index in [4.69, 9.17) is 5.11 Å². The van der Waals surface area contributed by atoms with Gasteiger partial charge in [0.1, 0.15) is 0 Å². The Bertz CT molecular complexity index is 76.2. The van der Waals surface area contributed by atoms with Crippen LogP contribution in [0.4, 0.5) is 0 Å². The summed E-state index contributed by atoms with van der Waals surface area (Å²) in [5.41, 5.74) is 0. The third kappa shape index (κ3) is 6.14. The minimum atomic E-state index is -1.38. The van der Waals surface area contributed by atoms with Crippen molar-refractivity contribution in [1.29, 1.82) is 0 Å². The molecule has 4 heteroatoms. The van der Waals surface area contributed by atoms with E-state index in [1.807, 2.05) is 0 Å². The summed E-state index contributed by atoms with van der Waals surface area (Å²) in [5, 5.41) is 7.64. The van der Waals surface area contributed by atoms with Gasteiger partial charge >= 0.3 is 35.5 Å². The number of carbonyl (C=O) groups excluding carboxylic acids is 1. The Balaban J connectivity index is 0. The van der Waals surface area contributed by atoms with Crippen LogP contribution < -0.4 is 0 Å². The Morgan fingerprint density at radius 3 is 1.57 bits per heavy atom. The van der Waals surface area contributed by atoms with Crippen molar-refractivity contribution in [2.75, 3.05) is 0 Å². The summed E-state index contributed by atoms with van der Waals surface area (Å²) in [6, 6.07) is 0. The number of ketones is 1. The van der Waals surface area contributed by atoms with Gasteiger partial charge in [-0.05, 0) is 0 Å². The predicted molar refractivity (Wildman–Crippen MR) is 25.5 cm³/mol. The summed E-state index contributed by atoms with van der Waals surface area (Å²) in [6.45, 7) is 1.00. The van der Waals surface area contributed by atoms with Gasteiger partial charge in [-0.3, -0.25) is 4.79 Å². The molecule has 0 unspecified atom stereocenters. The van der Waals surface area contributed by atoms with Gasteiger partial charge in [0, 0.05) is 6.92 Å². The first-order valence-corrected chi connectivity index (χ1v) is 1.38. The van der Waals surface area contributed by atoms with Crippen LogP contribution in [0.25, 0.3) is 0 Å². The predicted octanol–water partition coefficient (Wildman–Crippen LogP) is -0.989. The average molecular weight is 112 g/mol. The summed E-state index contributed by atoms with van der Waals surface area (Å²) in [7, 11) is 0. The monoisotopic (exact) mass is 112 g/mol. The van der Waals surface area contributed by atoms with E-state index in [-0.39, 0.29) is 29.6 Å². The summed E-state index contributed by atoms with van der Waals surface area (Å²) in [6.07, 6.45) is 0. The standard InChI is InChI=1S/C3H4O3.Na.H/c1-2(4)3(5)6;;/h1H3,(H,5,6);;. The number of rotatable bonds is 1. The van der Waals surface area contributed by atoms with Gasteiger partial charge in [0.25, 0.3) is 0 Å². The first-order chi connectivity index (χ1) is 2.64. The van der Waals surface area contributed by atoms with Gasteiger partial charge < -0.3 is 5.11 Å². The topological polar surface area (TPSA) is 54.4 Å². The van der Waals surface area contributed by atoms with Crippen LogP contribution in [0.15, 0.2) is 0 Å². The number of hydrogen-bond acceptors (Lipinski definition) is 2. The van der Waals surface area contributed by atoms with Crippen LogP contribution in [-0.2, 0) is 9.59 Å². The summed E-state index contributed by atoms with van der Waals surface area (Å²) in [4.78, 5) is 18.9. The van der Waals surface area contributed by atoms with Gasteiger partial charge in [-0.1, -0.05) is 0 Å². The van der Waals surface area contributed by atoms with Crippen molar-refractivity contribution in [2.24, 2.45) is 0 Å². The van der Waals surface area contributed by atoms with Crippen molar-refractivity contribution >= 4 is 41.3 Å². The normalized spacial score (nSPS) is 6.43. The van der Waals surface area contributed by atoms with E-state index in [1.165, 1.54) is 0 Å². The molecule has 0 aromatic rings. The molecule has 0 saturated carbocycles. The van der Waals surface area contributed by atoms with Gasteiger partial charge in [0.05, 0.1) is 0 Å². The molecule has 0 bridgehead atoms. The minimum absolute atomic E-state index is 0. The van der Waals surface area contributed by atoms with Crippen LogP contribution >= 0.6 is 0 Å². The molecule has 0 atom stereocenters. The van der Waals surface area contributed by atoms with Crippen LogP contribution in [0.1, 0.15) is 6.92 Å². The number of carboxylic acid groups (broad SMARTS) is 1. The Kier molecular flexibility index (Phi) is 6.26. The van der Waals surface area contributed by atoms with Crippen LogP contribution in [0, 0.1) is 0 Å². The molecule has 0 rings (SSSR count). The molecule has 0 heterocycles. The van der Waals surface area contributed by atoms with Gasteiger partial charge in [0.2, 0.25) is 5.78 Å². The molecule has 0 spiro atoms. The molecule has 0 aliphatic heterocycles. The molecule has 7 heavy (non-hydrogen) atoms. The molecule has 0 amide bonds. The van der Waals surface area contributed by atoms with Crippen LogP contribution in [-0.4, -0.2) is 46.4 Å². The molecule has 0 aromatic carbocycles. The third-order valence-electron chi connectivity index (χ3n) is 0.301. The Labute approximate surface area is 63.0 Å². The molecule has 0 aliphatic carbocycles. The zero-order valence-corrected chi connectivity index (χ0v) is 3.26. The number of carbonyl (C=O) groups is 2. The van der Waals surface area contributed by atoms with E-state index in [0.717, 1.165) is 6.92 Å². The van der Waals surface area contributed by atoms with Crippen molar-refractivity contribution in [3.05, 3.63) is 0 Å². The number of hydrogen-bond donors (Lipinski definition) is 1. The van der Waals surface area contributed by atoms with E-state index in [2.05, 4.69) is 0 Å². The molecule has 0 saturated heterocycles. The van der Waals surface area contributed by atoms with Crippen LogP contribution in [0.2, 0.25) is 0 Å². The fourth-order valence-corrected chi connectivity index (χ4v) is 0. The maximum absolute atomic E-state index is 9.54. The zero-order chi connectivity index (χ0) is 5.15. The van der Waals surface area contributed by atoms with E-state index < -0.39 is 11.8 Å². The first kappa shape index (κ1) is 10.2. The second kappa shape index (κ2) is 4.30. The third-order valence-corrected chi connectivity index (χ3v) is 0.301. The van der Waals surface area contributed by atoms with Crippen LogP contribution in [0.3, 0.4) is 0 Å². The fraction of sp³-hybridized carbons (Fsp3) is 0.333. The molecule has 3 nitrogen and oxygen atoms in total. The van der Waals surface area contributed by atoms with Gasteiger partial charge in [0.15, 0.2) is 0 Å². The van der Waals surface area contributed by atoms with E-state index in [0.29, 0.717) is 0 Å². The molecule has 0 aliphatic rings. The van der Waals surface area contributed by atoms with Gasteiger partial charge in [-0.15, -0.1) is 0 Å². The van der Waals surface area contributed by atoms with E-state index in [1.54, 1.807) is 0 Å². The molecule has 0 aromatic heterocycles. The quantitative estimate of drug-likeness (QED) is 0.350. The summed E-state index contributed by atoms with van der Waals surface area (Å²) < 4.78 is 0. The fourth-order valence-electron chi connectivity index (χ4n) is 0. The number of carboxylic acids is 1.